The fourth-order valence-corrected chi connectivity index (χ4v) is 3.88. The molecular weight excluding hydrogens is 270 g/mol. The molecule has 0 bridgehead atoms. The summed E-state index contributed by atoms with van der Waals surface area (Å²) in [6.45, 7) is 10.6. The summed E-state index contributed by atoms with van der Waals surface area (Å²) in [5.41, 5.74) is -0.391. The smallest absolute Gasteiger partial charge is 0.407 e. The number of nitrogens with one attached hydrogen (secondary N) is 1. The number of carbonyl (C=O) groups excluding carboxylic acids is 1. The standard InChI is InChI=1S/C16H29NO4/c1-7-11-13(20-11)12(17-14(18)19-6)10-8-15(2,3)21-16(4,5)9-10/h10-13H,7-9H2,1-6H3,(H,17,18). The molecule has 0 radical (unpaired) electrons. The lowest BCUT2D eigenvalue weighted by Gasteiger charge is -2.47. The topological polar surface area (TPSA) is 60.1 Å². The highest BCUT2D eigenvalue weighted by molar-refractivity contribution is 5.67. The van der Waals surface area contributed by atoms with Crippen LogP contribution in [-0.4, -0.2) is 42.7 Å². The van der Waals surface area contributed by atoms with Gasteiger partial charge in [0.25, 0.3) is 0 Å². The van der Waals surface area contributed by atoms with Crippen molar-refractivity contribution >= 4 is 6.09 Å². The average molecular weight is 299 g/mol. The molecule has 3 unspecified atom stereocenters. The molecule has 5 nitrogen and oxygen atoms in total. The Morgan fingerprint density at radius 3 is 2.29 bits per heavy atom. The fraction of sp³-hybridized carbons (Fsp3) is 0.938. The zero-order chi connectivity index (χ0) is 15.8. The van der Waals surface area contributed by atoms with Crippen LogP contribution < -0.4 is 5.32 Å². The Morgan fingerprint density at radius 1 is 1.29 bits per heavy atom. The van der Waals surface area contributed by atoms with Crippen molar-refractivity contribution in [1.82, 2.24) is 5.32 Å². The van der Waals surface area contributed by atoms with Crippen LogP contribution in [0.2, 0.25) is 0 Å². The van der Waals surface area contributed by atoms with E-state index in [1.54, 1.807) is 0 Å². The van der Waals surface area contributed by atoms with Crippen molar-refractivity contribution in [2.75, 3.05) is 7.11 Å². The zero-order valence-corrected chi connectivity index (χ0v) is 14.1. The highest BCUT2D eigenvalue weighted by Gasteiger charge is 2.51. The van der Waals surface area contributed by atoms with Gasteiger partial charge in [0.05, 0.1) is 30.5 Å². The summed E-state index contributed by atoms with van der Waals surface area (Å²) in [6, 6.07) is -0.00940. The first-order valence-electron chi connectivity index (χ1n) is 7.87. The molecule has 2 saturated heterocycles. The van der Waals surface area contributed by atoms with Gasteiger partial charge in [0, 0.05) is 0 Å². The Hall–Kier alpha value is -0.810. The zero-order valence-electron chi connectivity index (χ0n) is 14.1. The fourth-order valence-electron chi connectivity index (χ4n) is 3.88. The SMILES string of the molecule is CCC1OC1C(NC(=O)OC)C1CC(C)(C)OC(C)(C)C1. The minimum absolute atomic E-state index is 0.00940. The Morgan fingerprint density at radius 2 is 1.86 bits per heavy atom. The summed E-state index contributed by atoms with van der Waals surface area (Å²) in [5, 5.41) is 3.00. The van der Waals surface area contributed by atoms with E-state index in [9.17, 15) is 4.79 Å². The number of rotatable bonds is 4. The van der Waals surface area contributed by atoms with Gasteiger partial charge in [-0.25, -0.2) is 4.79 Å². The van der Waals surface area contributed by atoms with Crippen LogP contribution in [0.5, 0.6) is 0 Å². The van der Waals surface area contributed by atoms with E-state index in [4.69, 9.17) is 14.2 Å². The predicted octanol–water partition coefficient (Wildman–Crippen LogP) is 2.87. The van der Waals surface area contributed by atoms with Crippen molar-refractivity contribution in [3.05, 3.63) is 0 Å². The van der Waals surface area contributed by atoms with Crippen LogP contribution in [0.3, 0.4) is 0 Å². The largest absolute Gasteiger partial charge is 0.453 e. The van der Waals surface area contributed by atoms with Crippen LogP contribution >= 0.6 is 0 Å². The number of amides is 1. The Labute approximate surface area is 127 Å². The first-order chi connectivity index (χ1) is 9.67. The molecule has 0 aromatic carbocycles. The van der Waals surface area contributed by atoms with Gasteiger partial charge in [-0.15, -0.1) is 0 Å². The minimum atomic E-state index is -0.382. The van der Waals surface area contributed by atoms with E-state index in [1.165, 1.54) is 7.11 Å². The van der Waals surface area contributed by atoms with Crippen LogP contribution in [0, 0.1) is 5.92 Å². The van der Waals surface area contributed by atoms with Crippen molar-refractivity contribution in [1.29, 1.82) is 0 Å². The van der Waals surface area contributed by atoms with Gasteiger partial charge in [-0.3, -0.25) is 0 Å². The van der Waals surface area contributed by atoms with Gasteiger partial charge in [-0.05, 0) is 52.9 Å². The predicted molar refractivity (Wildman–Crippen MR) is 80.2 cm³/mol. The maximum atomic E-state index is 11.7. The Balaban J connectivity index is 2.13. The molecule has 21 heavy (non-hydrogen) atoms. The first kappa shape index (κ1) is 16.6. The summed E-state index contributed by atoms with van der Waals surface area (Å²) in [4.78, 5) is 11.7. The highest BCUT2D eigenvalue weighted by atomic mass is 16.6. The average Bonchev–Trinajstić information content (AvgIpc) is 3.10. The van der Waals surface area contributed by atoms with Crippen molar-refractivity contribution in [2.24, 2.45) is 5.92 Å². The van der Waals surface area contributed by atoms with E-state index < -0.39 is 0 Å². The summed E-state index contributed by atoms with van der Waals surface area (Å²) < 4.78 is 16.7. The van der Waals surface area contributed by atoms with Crippen LogP contribution in [-0.2, 0) is 14.2 Å². The molecule has 122 valence electrons. The molecule has 0 spiro atoms. The lowest BCUT2D eigenvalue weighted by atomic mass is 9.76. The molecule has 0 aliphatic carbocycles. The van der Waals surface area contributed by atoms with E-state index in [0.717, 1.165) is 19.3 Å². The molecule has 2 fully saturated rings. The molecule has 1 N–H and O–H groups in total. The second-order valence-electron chi connectivity index (χ2n) is 7.50. The number of carbonyl (C=O) groups is 1. The third-order valence-electron chi connectivity index (χ3n) is 4.42. The molecular formula is C16H29NO4. The molecule has 2 heterocycles. The van der Waals surface area contributed by atoms with Crippen LogP contribution in [0.15, 0.2) is 0 Å². The summed E-state index contributed by atoms with van der Waals surface area (Å²) >= 11 is 0. The van der Waals surface area contributed by atoms with Crippen LogP contribution in [0.1, 0.15) is 53.9 Å². The van der Waals surface area contributed by atoms with Gasteiger partial charge in [0.2, 0.25) is 0 Å². The molecule has 5 heteroatoms. The van der Waals surface area contributed by atoms with Crippen molar-refractivity contribution in [2.45, 2.75) is 83.3 Å². The number of alkyl carbamates (subject to hydrolysis) is 1. The number of epoxide rings is 1. The molecule has 1 amide bonds. The summed E-state index contributed by atoms with van der Waals surface area (Å²) in [5.74, 6) is 0.324. The highest BCUT2D eigenvalue weighted by Crippen LogP contribution is 2.43. The summed E-state index contributed by atoms with van der Waals surface area (Å²) in [7, 11) is 1.40. The van der Waals surface area contributed by atoms with Gasteiger partial charge >= 0.3 is 6.09 Å². The van der Waals surface area contributed by atoms with E-state index in [-0.39, 0.29) is 35.5 Å². The second-order valence-corrected chi connectivity index (χ2v) is 7.50. The number of hydrogen-bond donors (Lipinski definition) is 1. The quantitative estimate of drug-likeness (QED) is 0.811. The molecule has 0 saturated carbocycles. The van der Waals surface area contributed by atoms with Gasteiger partial charge in [0.1, 0.15) is 6.10 Å². The van der Waals surface area contributed by atoms with E-state index in [1.807, 2.05) is 0 Å². The number of methoxy groups -OCH3 is 1. The van der Waals surface area contributed by atoms with Crippen LogP contribution in [0.4, 0.5) is 4.79 Å². The normalized spacial score (nSPS) is 32.3. The maximum Gasteiger partial charge on any atom is 0.407 e. The number of ether oxygens (including phenoxy) is 3. The van der Waals surface area contributed by atoms with Crippen LogP contribution in [0.25, 0.3) is 0 Å². The first-order valence-corrected chi connectivity index (χ1v) is 7.87. The van der Waals surface area contributed by atoms with Crippen molar-refractivity contribution < 1.29 is 19.0 Å². The molecule has 0 aromatic rings. The number of hydrogen-bond acceptors (Lipinski definition) is 4. The molecule has 0 aromatic heterocycles. The third-order valence-corrected chi connectivity index (χ3v) is 4.42. The van der Waals surface area contributed by atoms with Gasteiger partial charge < -0.3 is 19.5 Å². The molecule has 2 aliphatic heterocycles. The van der Waals surface area contributed by atoms with E-state index >= 15 is 0 Å². The maximum absolute atomic E-state index is 11.7. The Bertz CT molecular complexity index is 378. The van der Waals surface area contributed by atoms with E-state index in [2.05, 4.69) is 39.9 Å². The van der Waals surface area contributed by atoms with Crippen molar-refractivity contribution in [3.63, 3.8) is 0 Å². The molecule has 3 atom stereocenters. The monoisotopic (exact) mass is 299 g/mol. The summed E-state index contributed by atoms with van der Waals surface area (Å²) in [6.07, 6.45) is 2.75. The molecule has 2 rings (SSSR count). The van der Waals surface area contributed by atoms with Gasteiger partial charge in [0.15, 0.2) is 0 Å². The van der Waals surface area contributed by atoms with Gasteiger partial charge in [-0.2, -0.15) is 0 Å². The third kappa shape index (κ3) is 4.10. The Kier molecular flexibility index (Phi) is 4.54. The van der Waals surface area contributed by atoms with E-state index in [0.29, 0.717) is 5.92 Å². The minimum Gasteiger partial charge on any atom is -0.453 e. The lowest BCUT2D eigenvalue weighted by Crippen LogP contribution is -2.54. The molecule has 2 aliphatic rings. The van der Waals surface area contributed by atoms with Gasteiger partial charge in [-0.1, -0.05) is 6.92 Å². The lowest BCUT2D eigenvalue weighted by molar-refractivity contribution is -0.176. The van der Waals surface area contributed by atoms with Crippen molar-refractivity contribution in [3.8, 4) is 0 Å². The second kappa shape index (κ2) is 5.76.